The summed E-state index contributed by atoms with van der Waals surface area (Å²) in [7, 11) is 0. The molecule has 104 valence electrons. The fourth-order valence-corrected chi connectivity index (χ4v) is 2.01. The Morgan fingerprint density at radius 2 is 1.76 bits per heavy atom. The molecule has 3 rings (SSSR count). The van der Waals surface area contributed by atoms with E-state index < -0.39 is 0 Å². The second-order valence-electron chi connectivity index (χ2n) is 4.69. The lowest BCUT2D eigenvalue weighted by Crippen LogP contribution is -1.89. The van der Waals surface area contributed by atoms with E-state index >= 15 is 0 Å². The number of azo groups is 1. The van der Waals surface area contributed by atoms with E-state index in [1.165, 1.54) is 0 Å². The van der Waals surface area contributed by atoms with Crippen molar-refractivity contribution in [1.29, 1.82) is 0 Å². The van der Waals surface area contributed by atoms with Crippen LogP contribution in [0.3, 0.4) is 0 Å². The molecule has 0 amide bonds. The van der Waals surface area contributed by atoms with Crippen LogP contribution in [0.4, 0.5) is 5.82 Å². The van der Waals surface area contributed by atoms with Crippen molar-refractivity contribution < 1.29 is 5.11 Å². The van der Waals surface area contributed by atoms with Gasteiger partial charge in [-0.1, -0.05) is 24.3 Å². The van der Waals surface area contributed by atoms with Crippen molar-refractivity contribution in [3.63, 3.8) is 0 Å². The molecule has 0 radical (unpaired) electrons. The number of hydrogen-bond donors (Lipinski definition) is 1. The zero-order chi connectivity index (χ0) is 14.7. The van der Waals surface area contributed by atoms with Crippen molar-refractivity contribution in [2.75, 3.05) is 0 Å². The lowest BCUT2D eigenvalue weighted by atomic mass is 10.2. The van der Waals surface area contributed by atoms with Gasteiger partial charge in [-0.3, -0.25) is 0 Å². The van der Waals surface area contributed by atoms with E-state index in [0.29, 0.717) is 12.4 Å². The summed E-state index contributed by atoms with van der Waals surface area (Å²) >= 11 is 0. The maximum Gasteiger partial charge on any atom is 0.196 e. The quantitative estimate of drug-likeness (QED) is 0.738. The summed E-state index contributed by atoms with van der Waals surface area (Å²) in [5.74, 6) is 0.748. The maximum atomic E-state index is 9.40. The molecule has 0 saturated heterocycles. The minimum absolute atomic E-state index is 0.226. The third-order valence-electron chi connectivity index (χ3n) is 3.05. The van der Waals surface area contributed by atoms with Crippen molar-refractivity contribution in [2.24, 2.45) is 10.2 Å². The van der Waals surface area contributed by atoms with Crippen LogP contribution in [0.2, 0.25) is 0 Å². The van der Waals surface area contributed by atoms with Crippen molar-refractivity contribution >= 4 is 16.9 Å². The van der Waals surface area contributed by atoms with Gasteiger partial charge >= 0.3 is 0 Å². The normalized spacial score (nSPS) is 11.3. The molecule has 0 bridgehead atoms. The number of benzene rings is 2. The molecule has 3 aromatic rings. The summed E-state index contributed by atoms with van der Waals surface area (Å²) in [6, 6.07) is 14.6. The van der Waals surface area contributed by atoms with Gasteiger partial charge in [0.05, 0.1) is 23.3 Å². The molecule has 2 aromatic carbocycles. The standard InChI is InChI=1S/C16H14N4O/c1-11-16(19-15-8-3-2-7-14(15)18-11)20-17-10-12-5-4-6-13(21)9-12/h2-9,21H,10H2,1H3. The molecule has 0 unspecified atom stereocenters. The first kappa shape index (κ1) is 13.2. The van der Waals surface area contributed by atoms with E-state index in [4.69, 9.17) is 0 Å². The minimum atomic E-state index is 0.226. The van der Waals surface area contributed by atoms with Gasteiger partial charge in [0.1, 0.15) is 5.75 Å². The van der Waals surface area contributed by atoms with E-state index in [0.717, 1.165) is 22.3 Å². The van der Waals surface area contributed by atoms with Gasteiger partial charge in [0.25, 0.3) is 0 Å². The van der Waals surface area contributed by atoms with Gasteiger partial charge < -0.3 is 5.11 Å². The molecule has 0 fully saturated rings. The predicted molar refractivity (Wildman–Crippen MR) is 80.6 cm³/mol. The molecule has 1 N–H and O–H groups in total. The second-order valence-corrected chi connectivity index (χ2v) is 4.69. The Hall–Kier alpha value is -2.82. The van der Waals surface area contributed by atoms with Gasteiger partial charge in [-0.05, 0) is 36.8 Å². The number of para-hydroxylation sites is 2. The number of nitrogens with zero attached hydrogens (tertiary/aromatic N) is 4. The highest BCUT2D eigenvalue weighted by molar-refractivity contribution is 5.75. The largest absolute Gasteiger partial charge is 0.508 e. The molecular formula is C16H14N4O. The Morgan fingerprint density at radius 3 is 2.52 bits per heavy atom. The summed E-state index contributed by atoms with van der Waals surface area (Å²) < 4.78 is 0. The molecule has 0 aliphatic carbocycles. The molecule has 0 atom stereocenters. The van der Waals surface area contributed by atoms with Crippen LogP contribution in [0.1, 0.15) is 11.3 Å². The molecule has 0 aliphatic rings. The fourth-order valence-electron chi connectivity index (χ4n) is 2.01. The highest BCUT2D eigenvalue weighted by Gasteiger charge is 2.03. The van der Waals surface area contributed by atoms with E-state index in [1.807, 2.05) is 37.3 Å². The van der Waals surface area contributed by atoms with Crippen LogP contribution in [0.25, 0.3) is 11.0 Å². The van der Waals surface area contributed by atoms with Gasteiger partial charge in [-0.2, -0.15) is 5.11 Å². The lowest BCUT2D eigenvalue weighted by Gasteiger charge is -2.01. The van der Waals surface area contributed by atoms with E-state index in [-0.39, 0.29) is 5.75 Å². The number of fused-ring (bicyclic) bond motifs is 1. The first-order valence-electron chi connectivity index (χ1n) is 6.61. The molecule has 0 aliphatic heterocycles. The SMILES string of the molecule is Cc1nc2ccccc2nc1N=NCc1cccc(O)c1. The number of aryl methyl sites for hydroxylation is 1. The third kappa shape index (κ3) is 3.02. The first-order chi connectivity index (χ1) is 10.2. The summed E-state index contributed by atoms with van der Waals surface area (Å²) in [4.78, 5) is 8.91. The summed E-state index contributed by atoms with van der Waals surface area (Å²) in [6.07, 6.45) is 0. The van der Waals surface area contributed by atoms with Crippen LogP contribution in [-0.2, 0) is 6.54 Å². The molecule has 0 saturated carbocycles. The van der Waals surface area contributed by atoms with Gasteiger partial charge in [-0.25, -0.2) is 9.97 Å². The highest BCUT2D eigenvalue weighted by atomic mass is 16.3. The zero-order valence-electron chi connectivity index (χ0n) is 11.6. The Bertz CT molecular complexity index is 814. The zero-order valence-corrected chi connectivity index (χ0v) is 11.6. The maximum absolute atomic E-state index is 9.40. The van der Waals surface area contributed by atoms with Gasteiger partial charge in [0.15, 0.2) is 5.82 Å². The van der Waals surface area contributed by atoms with Crippen LogP contribution in [-0.4, -0.2) is 15.1 Å². The molecule has 0 spiro atoms. The topological polar surface area (TPSA) is 70.7 Å². The van der Waals surface area contributed by atoms with Crippen molar-refractivity contribution in [3.05, 3.63) is 59.8 Å². The van der Waals surface area contributed by atoms with Crippen LogP contribution in [0.5, 0.6) is 5.75 Å². The van der Waals surface area contributed by atoms with E-state index in [9.17, 15) is 5.11 Å². The minimum Gasteiger partial charge on any atom is -0.508 e. The first-order valence-corrected chi connectivity index (χ1v) is 6.61. The number of aromatic hydroxyl groups is 1. The van der Waals surface area contributed by atoms with E-state index in [2.05, 4.69) is 20.2 Å². The number of aromatic nitrogens is 2. The lowest BCUT2D eigenvalue weighted by molar-refractivity contribution is 0.474. The highest BCUT2D eigenvalue weighted by Crippen LogP contribution is 2.19. The van der Waals surface area contributed by atoms with Crippen molar-refractivity contribution in [3.8, 4) is 5.75 Å². The average Bonchev–Trinajstić information content (AvgIpc) is 2.48. The molecular weight excluding hydrogens is 264 g/mol. The van der Waals surface area contributed by atoms with Gasteiger partial charge in [0.2, 0.25) is 0 Å². The third-order valence-corrected chi connectivity index (χ3v) is 3.05. The Labute approximate surface area is 122 Å². The van der Waals surface area contributed by atoms with Gasteiger partial charge in [0, 0.05) is 0 Å². The summed E-state index contributed by atoms with van der Waals surface area (Å²) in [5, 5.41) is 17.7. The molecule has 5 heteroatoms. The Morgan fingerprint density at radius 1 is 1.00 bits per heavy atom. The Kier molecular flexibility index (Phi) is 3.55. The predicted octanol–water partition coefficient (Wildman–Crippen LogP) is 3.93. The van der Waals surface area contributed by atoms with E-state index in [1.54, 1.807) is 18.2 Å². The smallest absolute Gasteiger partial charge is 0.196 e. The van der Waals surface area contributed by atoms with Crippen molar-refractivity contribution in [2.45, 2.75) is 13.5 Å². The van der Waals surface area contributed by atoms with Crippen LogP contribution < -0.4 is 0 Å². The fraction of sp³-hybridized carbons (Fsp3) is 0.125. The monoisotopic (exact) mass is 278 g/mol. The molecule has 5 nitrogen and oxygen atoms in total. The molecule has 1 aromatic heterocycles. The Balaban J connectivity index is 1.84. The van der Waals surface area contributed by atoms with Crippen LogP contribution in [0, 0.1) is 6.92 Å². The number of phenolic OH excluding ortho intramolecular Hbond substituents is 1. The number of rotatable bonds is 3. The molecule has 1 heterocycles. The summed E-state index contributed by atoms with van der Waals surface area (Å²) in [5.41, 5.74) is 3.29. The van der Waals surface area contributed by atoms with Gasteiger partial charge in [-0.15, -0.1) is 5.11 Å². The summed E-state index contributed by atoms with van der Waals surface area (Å²) in [6.45, 7) is 2.25. The van der Waals surface area contributed by atoms with Crippen LogP contribution in [0.15, 0.2) is 58.8 Å². The van der Waals surface area contributed by atoms with Crippen molar-refractivity contribution in [1.82, 2.24) is 9.97 Å². The average molecular weight is 278 g/mol. The molecule has 21 heavy (non-hydrogen) atoms. The second kappa shape index (κ2) is 5.66. The number of hydrogen-bond acceptors (Lipinski definition) is 5. The number of phenols is 1. The van der Waals surface area contributed by atoms with Crippen LogP contribution >= 0.6 is 0 Å².